The minimum Gasteiger partial charge on any atom is -0.462 e. The van der Waals surface area contributed by atoms with Crippen molar-refractivity contribution in [2.24, 2.45) is 0 Å². The minimum atomic E-state index is -0.300. The fourth-order valence-corrected chi connectivity index (χ4v) is 4.95. The Labute approximate surface area is 173 Å². The molecule has 1 aliphatic heterocycles. The highest BCUT2D eigenvalue weighted by molar-refractivity contribution is 7.20. The molecule has 0 bridgehead atoms. The summed E-state index contributed by atoms with van der Waals surface area (Å²) < 4.78 is 5.20. The molecule has 0 radical (unpaired) electrons. The molecule has 3 aromatic rings. The zero-order valence-corrected chi connectivity index (χ0v) is 17.6. The summed E-state index contributed by atoms with van der Waals surface area (Å²) in [4.78, 5) is 27.1. The summed E-state index contributed by atoms with van der Waals surface area (Å²) in [5.74, 6) is 1.45. The fourth-order valence-electron chi connectivity index (χ4n) is 3.91. The summed E-state index contributed by atoms with van der Waals surface area (Å²) in [7, 11) is 2.04. The molecule has 1 aliphatic rings. The number of hydrogen-bond donors (Lipinski definition) is 0. The van der Waals surface area contributed by atoms with Crippen molar-refractivity contribution in [1.82, 2.24) is 20.2 Å². The van der Waals surface area contributed by atoms with Crippen LogP contribution in [0.15, 0.2) is 24.7 Å². The lowest BCUT2D eigenvalue weighted by atomic mass is 10.1. The summed E-state index contributed by atoms with van der Waals surface area (Å²) >= 11 is 1.36. The Bertz CT molecular complexity index is 1010. The molecule has 0 aromatic carbocycles. The molecule has 1 fully saturated rings. The number of likely N-dealkylation sites (N-methyl/N-ethyl adjacent to an activating group) is 1. The van der Waals surface area contributed by atoms with E-state index in [1.165, 1.54) is 11.3 Å². The smallest absolute Gasteiger partial charge is 0.348 e. The van der Waals surface area contributed by atoms with E-state index in [0.717, 1.165) is 53.3 Å². The Kier molecular flexibility index (Phi) is 5.57. The van der Waals surface area contributed by atoms with Crippen LogP contribution < -0.4 is 9.80 Å². The molecule has 3 aromatic heterocycles. The van der Waals surface area contributed by atoms with Crippen LogP contribution in [0.3, 0.4) is 0 Å². The van der Waals surface area contributed by atoms with E-state index in [9.17, 15) is 4.79 Å². The monoisotopic (exact) mass is 412 g/mol. The number of aromatic nitrogens is 4. The van der Waals surface area contributed by atoms with Gasteiger partial charge in [0.25, 0.3) is 0 Å². The topological polar surface area (TPSA) is 84.3 Å². The highest BCUT2D eigenvalue weighted by Gasteiger charge is 2.28. The van der Waals surface area contributed by atoms with Crippen LogP contribution in [0.4, 0.5) is 11.6 Å². The molecule has 1 atom stereocenters. The molecular formula is C20H24N6O2S. The maximum absolute atomic E-state index is 12.3. The molecule has 0 N–H and O–H groups in total. The molecule has 1 unspecified atom stereocenters. The van der Waals surface area contributed by atoms with Crippen molar-refractivity contribution in [3.8, 4) is 0 Å². The van der Waals surface area contributed by atoms with Crippen LogP contribution in [0.5, 0.6) is 0 Å². The van der Waals surface area contributed by atoms with Crippen LogP contribution in [-0.4, -0.2) is 58.9 Å². The summed E-state index contributed by atoms with van der Waals surface area (Å²) in [6.07, 6.45) is 5.47. The zero-order valence-electron chi connectivity index (χ0n) is 16.8. The lowest BCUT2D eigenvalue weighted by Crippen LogP contribution is -2.39. The second kappa shape index (κ2) is 8.28. The molecule has 9 heteroatoms. The molecule has 0 spiro atoms. The van der Waals surface area contributed by atoms with Crippen molar-refractivity contribution in [2.75, 3.05) is 36.5 Å². The predicted octanol–water partition coefficient (Wildman–Crippen LogP) is 3.07. The summed E-state index contributed by atoms with van der Waals surface area (Å²) in [6.45, 7) is 5.87. The van der Waals surface area contributed by atoms with E-state index in [4.69, 9.17) is 4.74 Å². The third-order valence-corrected chi connectivity index (χ3v) is 6.42. The van der Waals surface area contributed by atoms with Crippen LogP contribution in [0.25, 0.3) is 10.2 Å². The molecule has 0 amide bonds. The van der Waals surface area contributed by atoms with E-state index in [0.29, 0.717) is 17.5 Å². The number of carbonyl (C=O) groups is 1. The lowest BCUT2D eigenvalue weighted by Gasteiger charge is -2.30. The van der Waals surface area contributed by atoms with Crippen molar-refractivity contribution in [2.45, 2.75) is 32.7 Å². The second-order valence-corrected chi connectivity index (χ2v) is 8.10. The second-order valence-electron chi connectivity index (χ2n) is 7.11. The quantitative estimate of drug-likeness (QED) is 0.571. The fraction of sp³-hybridized carbons (Fsp3) is 0.450. The zero-order chi connectivity index (χ0) is 20.4. The average Bonchev–Trinajstić information content (AvgIpc) is 3.33. The van der Waals surface area contributed by atoms with Crippen molar-refractivity contribution >= 4 is 39.2 Å². The minimum absolute atomic E-state index is 0.300. The highest BCUT2D eigenvalue weighted by atomic mass is 32.1. The lowest BCUT2D eigenvalue weighted by molar-refractivity contribution is 0.0531. The standard InChI is InChI=1S/C20H24N6O2S/c1-4-28-20(27)17-13(2)16-18(21-12-22-19(16)29-17)25(3)11-14-7-6-10-26(14)15-8-5-9-23-24-15/h5,8-9,12,14H,4,6-7,10-11H2,1-3H3. The predicted molar refractivity (Wildman–Crippen MR) is 114 cm³/mol. The molecule has 29 heavy (non-hydrogen) atoms. The van der Waals surface area contributed by atoms with Crippen molar-refractivity contribution in [3.05, 3.63) is 35.1 Å². The summed E-state index contributed by atoms with van der Waals surface area (Å²) in [5.41, 5.74) is 0.878. The third kappa shape index (κ3) is 3.74. The van der Waals surface area contributed by atoms with Gasteiger partial charge in [0.15, 0.2) is 5.82 Å². The van der Waals surface area contributed by atoms with E-state index < -0.39 is 0 Å². The molecule has 0 saturated carbocycles. The number of carbonyl (C=O) groups excluding carboxylic acids is 1. The van der Waals surface area contributed by atoms with Crippen LogP contribution in [0.1, 0.15) is 35.0 Å². The van der Waals surface area contributed by atoms with E-state index in [-0.39, 0.29) is 5.97 Å². The van der Waals surface area contributed by atoms with Gasteiger partial charge in [-0.3, -0.25) is 0 Å². The van der Waals surface area contributed by atoms with Crippen molar-refractivity contribution < 1.29 is 9.53 Å². The van der Waals surface area contributed by atoms with Gasteiger partial charge in [-0.05, 0) is 44.4 Å². The molecular weight excluding hydrogens is 388 g/mol. The number of rotatable bonds is 6. The number of aryl methyl sites for hydroxylation is 1. The van der Waals surface area contributed by atoms with Gasteiger partial charge in [0.1, 0.15) is 21.9 Å². The van der Waals surface area contributed by atoms with Crippen LogP contribution in [0, 0.1) is 6.92 Å². The highest BCUT2D eigenvalue weighted by Crippen LogP contribution is 2.35. The first kappa shape index (κ1) is 19.5. The van der Waals surface area contributed by atoms with E-state index in [1.54, 1.807) is 12.5 Å². The number of nitrogens with zero attached hydrogens (tertiary/aromatic N) is 6. The Morgan fingerprint density at radius 3 is 3.03 bits per heavy atom. The number of esters is 1. The Balaban J connectivity index is 1.62. The molecule has 4 rings (SSSR count). The maximum Gasteiger partial charge on any atom is 0.348 e. The van der Waals surface area contributed by atoms with Gasteiger partial charge in [-0.15, -0.1) is 16.4 Å². The average molecular weight is 413 g/mol. The van der Waals surface area contributed by atoms with Crippen LogP contribution in [-0.2, 0) is 4.74 Å². The number of ether oxygens (including phenoxy) is 1. The first-order valence-electron chi connectivity index (χ1n) is 9.76. The Morgan fingerprint density at radius 2 is 2.28 bits per heavy atom. The third-order valence-electron chi connectivity index (χ3n) is 5.24. The molecule has 152 valence electrons. The Hall–Kier alpha value is -2.81. The summed E-state index contributed by atoms with van der Waals surface area (Å²) in [6, 6.07) is 4.24. The first-order chi connectivity index (χ1) is 14.1. The van der Waals surface area contributed by atoms with E-state index in [1.807, 2.05) is 33.0 Å². The molecule has 0 aliphatic carbocycles. The SMILES string of the molecule is CCOC(=O)c1sc2ncnc(N(C)CC3CCCN3c3cccnn3)c2c1C. The van der Waals surface area contributed by atoms with Gasteiger partial charge >= 0.3 is 5.97 Å². The van der Waals surface area contributed by atoms with Gasteiger partial charge in [-0.2, -0.15) is 5.10 Å². The number of thiophene rings is 1. The van der Waals surface area contributed by atoms with Crippen LogP contribution >= 0.6 is 11.3 Å². The number of anilines is 2. The normalized spacial score (nSPS) is 16.4. The molecule has 1 saturated heterocycles. The van der Waals surface area contributed by atoms with E-state index >= 15 is 0 Å². The van der Waals surface area contributed by atoms with Crippen LogP contribution in [0.2, 0.25) is 0 Å². The first-order valence-corrected chi connectivity index (χ1v) is 10.6. The Morgan fingerprint density at radius 1 is 1.41 bits per heavy atom. The summed E-state index contributed by atoms with van der Waals surface area (Å²) in [5, 5.41) is 9.22. The van der Waals surface area contributed by atoms with Crippen molar-refractivity contribution in [3.63, 3.8) is 0 Å². The molecule has 8 nitrogen and oxygen atoms in total. The maximum atomic E-state index is 12.3. The van der Waals surface area contributed by atoms with Gasteiger partial charge in [0, 0.05) is 32.4 Å². The van der Waals surface area contributed by atoms with Gasteiger partial charge in [-0.1, -0.05) is 0 Å². The van der Waals surface area contributed by atoms with Gasteiger partial charge in [-0.25, -0.2) is 14.8 Å². The number of hydrogen-bond acceptors (Lipinski definition) is 9. The van der Waals surface area contributed by atoms with Gasteiger partial charge in [0.2, 0.25) is 0 Å². The molecule has 4 heterocycles. The van der Waals surface area contributed by atoms with Crippen molar-refractivity contribution in [1.29, 1.82) is 0 Å². The number of fused-ring (bicyclic) bond motifs is 1. The van der Waals surface area contributed by atoms with Gasteiger partial charge < -0.3 is 14.5 Å². The van der Waals surface area contributed by atoms with Gasteiger partial charge in [0.05, 0.1) is 12.0 Å². The largest absolute Gasteiger partial charge is 0.462 e. The van der Waals surface area contributed by atoms with E-state index in [2.05, 4.69) is 30.0 Å².